The van der Waals surface area contributed by atoms with Gasteiger partial charge in [-0.05, 0) is 26.0 Å². The topological polar surface area (TPSA) is 48.9 Å². The van der Waals surface area contributed by atoms with Gasteiger partial charge in [-0.2, -0.15) is 0 Å². The van der Waals surface area contributed by atoms with Crippen molar-refractivity contribution in [2.75, 3.05) is 51.3 Å². The summed E-state index contributed by atoms with van der Waals surface area (Å²) in [7, 11) is 2.09. The summed E-state index contributed by atoms with van der Waals surface area (Å²) in [5.41, 5.74) is 1.22. The minimum Gasteiger partial charge on any atom is -0.380 e. The van der Waals surface area contributed by atoms with E-state index in [0.29, 0.717) is 13.2 Å². The Morgan fingerprint density at radius 1 is 1.18 bits per heavy atom. The number of guanidine groups is 1. The van der Waals surface area contributed by atoms with Crippen LogP contribution in [0.5, 0.6) is 0 Å². The van der Waals surface area contributed by atoms with Gasteiger partial charge < -0.3 is 20.3 Å². The fraction of sp³-hybridized carbons (Fsp3) is 0.562. The maximum Gasteiger partial charge on any atom is 0.191 e. The number of hydrogen-bond acceptors (Lipinski definition) is 3. The lowest BCUT2D eigenvalue weighted by Gasteiger charge is -2.20. The monoisotopic (exact) mass is 420 g/mol. The zero-order chi connectivity index (χ0) is 15.3. The molecule has 0 heterocycles. The molecule has 6 heteroatoms. The normalized spacial score (nSPS) is 10.8. The molecule has 0 aromatic heterocycles. The molecular weight excluding hydrogens is 391 g/mol. The van der Waals surface area contributed by atoms with Crippen LogP contribution in [0.1, 0.15) is 13.8 Å². The van der Waals surface area contributed by atoms with Gasteiger partial charge in [-0.1, -0.05) is 18.2 Å². The van der Waals surface area contributed by atoms with E-state index in [1.54, 1.807) is 0 Å². The fourth-order valence-electron chi connectivity index (χ4n) is 1.86. The first-order valence-corrected chi connectivity index (χ1v) is 7.64. The molecule has 0 amide bonds. The van der Waals surface area contributed by atoms with Crippen LogP contribution in [0.3, 0.4) is 0 Å². The van der Waals surface area contributed by atoms with Crippen LogP contribution in [0.4, 0.5) is 5.69 Å². The molecule has 1 aromatic carbocycles. The Labute approximate surface area is 151 Å². The Morgan fingerprint density at radius 3 is 2.55 bits per heavy atom. The minimum absolute atomic E-state index is 0. The van der Waals surface area contributed by atoms with Crippen molar-refractivity contribution in [2.24, 2.45) is 4.99 Å². The lowest BCUT2D eigenvalue weighted by molar-refractivity contribution is 0.155. The van der Waals surface area contributed by atoms with Gasteiger partial charge in [-0.3, -0.25) is 4.99 Å². The molecule has 1 rings (SSSR count). The van der Waals surface area contributed by atoms with E-state index in [-0.39, 0.29) is 24.0 Å². The summed E-state index contributed by atoms with van der Waals surface area (Å²) in [5, 5.41) is 6.58. The van der Waals surface area contributed by atoms with Gasteiger partial charge in [0.1, 0.15) is 0 Å². The third-order valence-electron chi connectivity index (χ3n) is 2.99. The Morgan fingerprint density at radius 2 is 1.91 bits per heavy atom. The van der Waals surface area contributed by atoms with Crippen molar-refractivity contribution in [2.45, 2.75) is 13.8 Å². The van der Waals surface area contributed by atoms with Gasteiger partial charge in [-0.25, -0.2) is 0 Å². The van der Waals surface area contributed by atoms with E-state index < -0.39 is 0 Å². The second kappa shape index (κ2) is 13.6. The number of para-hydroxylation sites is 1. The number of hydrogen-bond donors (Lipinski definition) is 2. The summed E-state index contributed by atoms with van der Waals surface area (Å²) in [5.74, 6) is 0.846. The molecule has 0 aliphatic carbocycles. The van der Waals surface area contributed by atoms with Crippen molar-refractivity contribution in [3.8, 4) is 0 Å². The molecule has 1 aromatic rings. The molecule has 0 aliphatic rings. The molecule has 2 N–H and O–H groups in total. The maximum absolute atomic E-state index is 5.29. The zero-order valence-corrected chi connectivity index (χ0v) is 16.2. The zero-order valence-electron chi connectivity index (χ0n) is 13.8. The molecule has 0 radical (unpaired) electrons. The number of benzene rings is 1. The molecular formula is C16H29IN4O. The second-order valence-electron chi connectivity index (χ2n) is 4.64. The number of nitrogens with zero attached hydrogens (tertiary/aromatic N) is 2. The predicted molar refractivity (Wildman–Crippen MR) is 106 cm³/mol. The first-order chi connectivity index (χ1) is 10.3. The molecule has 0 aliphatic heterocycles. The van der Waals surface area contributed by atoms with Gasteiger partial charge in [0.25, 0.3) is 0 Å². The van der Waals surface area contributed by atoms with Crippen LogP contribution in [-0.2, 0) is 4.74 Å². The largest absolute Gasteiger partial charge is 0.380 e. The van der Waals surface area contributed by atoms with Crippen LogP contribution in [-0.4, -0.2) is 52.4 Å². The first kappa shape index (κ1) is 21.0. The predicted octanol–water partition coefficient (Wildman–Crippen LogP) is 2.33. The molecule has 0 saturated carbocycles. The maximum atomic E-state index is 5.29. The van der Waals surface area contributed by atoms with E-state index in [4.69, 9.17) is 4.74 Å². The SMILES string of the molecule is CCNC(=NCCOCC)NCCN(C)c1ccccc1.I. The number of halogens is 1. The van der Waals surface area contributed by atoms with E-state index in [1.165, 1.54) is 5.69 Å². The fourth-order valence-corrected chi connectivity index (χ4v) is 1.86. The van der Waals surface area contributed by atoms with Crippen LogP contribution in [0.2, 0.25) is 0 Å². The number of anilines is 1. The molecule has 0 fully saturated rings. The van der Waals surface area contributed by atoms with E-state index >= 15 is 0 Å². The lowest BCUT2D eigenvalue weighted by Crippen LogP contribution is -2.41. The van der Waals surface area contributed by atoms with Crippen molar-refractivity contribution in [1.82, 2.24) is 10.6 Å². The average Bonchev–Trinajstić information content (AvgIpc) is 2.52. The van der Waals surface area contributed by atoms with Crippen molar-refractivity contribution in [3.05, 3.63) is 30.3 Å². The highest BCUT2D eigenvalue weighted by Crippen LogP contribution is 2.09. The Kier molecular flexibility index (Phi) is 13.0. The van der Waals surface area contributed by atoms with Crippen LogP contribution in [0.15, 0.2) is 35.3 Å². The molecule has 5 nitrogen and oxygen atoms in total. The van der Waals surface area contributed by atoms with Crippen molar-refractivity contribution < 1.29 is 4.74 Å². The summed E-state index contributed by atoms with van der Waals surface area (Å²) in [6, 6.07) is 10.4. The third-order valence-corrected chi connectivity index (χ3v) is 2.99. The Balaban J connectivity index is 0.00000441. The van der Waals surface area contributed by atoms with E-state index in [1.807, 2.05) is 13.0 Å². The van der Waals surface area contributed by atoms with Gasteiger partial charge in [0.05, 0.1) is 13.2 Å². The quantitative estimate of drug-likeness (QED) is 0.279. The summed E-state index contributed by atoms with van der Waals surface area (Å²) >= 11 is 0. The molecule has 0 bridgehead atoms. The molecule has 0 spiro atoms. The first-order valence-electron chi connectivity index (χ1n) is 7.64. The minimum atomic E-state index is 0. The van der Waals surface area contributed by atoms with Gasteiger partial charge >= 0.3 is 0 Å². The van der Waals surface area contributed by atoms with Crippen LogP contribution >= 0.6 is 24.0 Å². The van der Waals surface area contributed by atoms with Crippen molar-refractivity contribution in [3.63, 3.8) is 0 Å². The lowest BCUT2D eigenvalue weighted by atomic mass is 10.3. The third kappa shape index (κ3) is 9.09. The van der Waals surface area contributed by atoms with Crippen molar-refractivity contribution >= 4 is 35.6 Å². The van der Waals surface area contributed by atoms with Gasteiger partial charge in [0, 0.05) is 39.0 Å². The average molecular weight is 420 g/mol. The summed E-state index contributed by atoms with van der Waals surface area (Å²) < 4.78 is 5.29. The Bertz CT molecular complexity index is 400. The van der Waals surface area contributed by atoms with Crippen molar-refractivity contribution in [1.29, 1.82) is 0 Å². The number of ether oxygens (including phenoxy) is 1. The Hall–Kier alpha value is -1.02. The highest BCUT2D eigenvalue weighted by atomic mass is 127. The van der Waals surface area contributed by atoms with Gasteiger partial charge in [0.15, 0.2) is 5.96 Å². The van der Waals surface area contributed by atoms with Crippen LogP contribution < -0.4 is 15.5 Å². The van der Waals surface area contributed by atoms with Gasteiger partial charge in [-0.15, -0.1) is 24.0 Å². The summed E-state index contributed by atoms with van der Waals surface area (Å²) in [6.07, 6.45) is 0. The number of rotatable bonds is 9. The highest BCUT2D eigenvalue weighted by Gasteiger charge is 2.01. The standard InChI is InChI=1S/C16H28N4O.HI/c1-4-17-16(19-12-14-21-5-2)18-11-13-20(3)15-9-7-6-8-10-15;/h6-10H,4-5,11-14H2,1-3H3,(H2,17,18,19);1H. The summed E-state index contributed by atoms with van der Waals surface area (Å²) in [4.78, 5) is 6.69. The number of aliphatic imine (C=N–C) groups is 1. The molecule has 0 unspecified atom stereocenters. The number of nitrogens with one attached hydrogen (secondary N) is 2. The highest BCUT2D eigenvalue weighted by molar-refractivity contribution is 14.0. The van der Waals surface area contributed by atoms with Crippen LogP contribution in [0, 0.1) is 0 Å². The second-order valence-corrected chi connectivity index (χ2v) is 4.64. The van der Waals surface area contributed by atoms with Crippen LogP contribution in [0.25, 0.3) is 0 Å². The van der Waals surface area contributed by atoms with Gasteiger partial charge in [0.2, 0.25) is 0 Å². The molecule has 126 valence electrons. The number of likely N-dealkylation sites (N-methyl/N-ethyl adjacent to an activating group) is 1. The smallest absolute Gasteiger partial charge is 0.191 e. The van der Waals surface area contributed by atoms with E-state index in [9.17, 15) is 0 Å². The molecule has 0 atom stereocenters. The molecule has 22 heavy (non-hydrogen) atoms. The van der Waals surface area contributed by atoms with E-state index in [0.717, 1.165) is 32.2 Å². The molecule has 0 saturated heterocycles. The summed E-state index contributed by atoms with van der Waals surface area (Å²) in [6.45, 7) is 8.75. The van der Waals surface area contributed by atoms with E-state index in [2.05, 4.69) is 58.8 Å².